The molecule has 5 fully saturated rings. The van der Waals surface area contributed by atoms with Gasteiger partial charge in [-0.15, -0.1) is 0 Å². The smallest absolute Gasteiger partial charge is 0.311 e. The molecule has 6 N–H and O–H groups in total. The number of nitrogens with one attached hydrogen (secondary N) is 1. The molecule has 456 valence electrons. The zero-order valence-electron chi connectivity index (χ0n) is 50.9. The van der Waals surface area contributed by atoms with Gasteiger partial charge in [0.05, 0.1) is 42.5 Å². The minimum absolute atomic E-state index is 0. The molecule has 6 atom stereocenters. The first kappa shape index (κ1) is 80.5. The summed E-state index contributed by atoms with van der Waals surface area (Å²) in [6, 6.07) is 10.3. The highest BCUT2D eigenvalue weighted by molar-refractivity contribution is 7.85. The summed E-state index contributed by atoms with van der Waals surface area (Å²) in [7, 11) is -3.17. The first-order valence-electron chi connectivity index (χ1n) is 29.6. The molecular weight excluding hydrogens is 1080 g/mol. The van der Waals surface area contributed by atoms with Crippen LogP contribution in [0.25, 0.3) is 0 Å². The number of carbonyl (C=O) groups is 1. The van der Waals surface area contributed by atoms with Gasteiger partial charge in [-0.3, -0.25) is 9.93 Å². The van der Waals surface area contributed by atoms with Gasteiger partial charge < -0.3 is 15.6 Å². The van der Waals surface area contributed by atoms with Crippen LogP contribution in [-0.4, -0.2) is 56.2 Å². The molecule has 5 aliphatic rings. The number of esters is 1. The van der Waals surface area contributed by atoms with Gasteiger partial charge in [0.1, 0.15) is 16.7 Å². The predicted molar refractivity (Wildman–Crippen MR) is 354 cm³/mol. The molecule has 0 bridgehead atoms. The van der Waals surface area contributed by atoms with Crippen LogP contribution >= 0.6 is 40.5 Å². The van der Waals surface area contributed by atoms with Crippen molar-refractivity contribution >= 4 is 85.6 Å². The Morgan fingerprint density at radius 1 is 0.636 bits per heavy atom. The number of nitrogens with two attached hydrogens (primary N) is 2. The summed E-state index contributed by atoms with van der Waals surface area (Å²) in [5, 5.41) is 13.6. The molecular formula is C61H120N4O6S6. The number of hydrogen-bond donors (Lipinski definition) is 4. The molecule has 0 amide bonds. The molecule has 0 aromatic heterocycles. The Bertz CT molecular complexity index is 1720. The number of carbonyl (C=O) groups excluding carboxylic acids is 1. The molecule has 0 heterocycles. The quantitative estimate of drug-likeness (QED) is 0.0658. The highest BCUT2D eigenvalue weighted by atomic mass is 32.2. The molecule has 6 rings (SSSR count). The van der Waals surface area contributed by atoms with Gasteiger partial charge in [0, 0.05) is 24.7 Å². The third kappa shape index (κ3) is 38.6. The molecule has 0 spiro atoms. The Labute approximate surface area is 502 Å². The van der Waals surface area contributed by atoms with Crippen LogP contribution in [0.2, 0.25) is 0 Å². The number of allylic oxidation sites excluding steroid dienone is 1. The minimum Gasteiger partial charge on any atom is -0.516 e. The first-order chi connectivity index (χ1) is 35.0. The van der Waals surface area contributed by atoms with Crippen LogP contribution in [0, 0.1) is 29.6 Å². The van der Waals surface area contributed by atoms with E-state index in [-0.39, 0.29) is 60.7 Å². The van der Waals surface area contributed by atoms with Gasteiger partial charge in [0.15, 0.2) is 0 Å². The van der Waals surface area contributed by atoms with Gasteiger partial charge in [-0.2, -0.15) is 44.9 Å². The zero-order chi connectivity index (χ0) is 55.6. The summed E-state index contributed by atoms with van der Waals surface area (Å²) < 4.78 is 46.3. The number of ether oxygens (including phenoxy) is 1. The standard InChI is InChI=1S/C17H24O2.C13H27NOS.C11H21NOS.C9H19N.C7H12O.C4H11NOS.3H2S/c1-2-14(15-9-5-3-6-10-15)13-17(18)19-16-11-7-4-8-12-16;1-5-12(11-9-7-6-8-10-11)14-16(15)13(2,3)4;1-11(2,3)14(13)12-9-10-7-5-4-6-8-10;1-2-9(10)8-6-4-3-5-7-8;8-6-7-4-2-1-3-5-7;1-4(2,3)7(5)6;;;/h4,7-8,11-12,14-15H,2-3,5-6,9-10,13H2,1H3;11-12,14H,5-10H2,1-4H3;9-10H,4-8H2,1-3H3;8-9H,2-7,10H2,1H3;6,8H,1-5H2;5H2,1-3H3;3*1H2/t14-;12-,16?;;9-;;;;;/m01.1...../s1. The lowest BCUT2D eigenvalue weighted by Gasteiger charge is -2.32. The molecule has 5 saturated carbocycles. The van der Waals surface area contributed by atoms with Crippen LogP contribution in [0.1, 0.15) is 269 Å². The van der Waals surface area contributed by atoms with Crippen molar-refractivity contribution in [2.24, 2.45) is 44.9 Å². The van der Waals surface area contributed by atoms with E-state index in [1.165, 1.54) is 160 Å². The third-order valence-electron chi connectivity index (χ3n) is 15.3. The Morgan fingerprint density at radius 2 is 1.06 bits per heavy atom. The number of benzene rings is 1. The van der Waals surface area contributed by atoms with E-state index in [0.717, 1.165) is 49.9 Å². The summed E-state index contributed by atoms with van der Waals surface area (Å²) >= 11 is 0. The van der Waals surface area contributed by atoms with E-state index in [9.17, 15) is 17.4 Å². The summed E-state index contributed by atoms with van der Waals surface area (Å²) in [6.45, 7) is 24.1. The monoisotopic (exact) mass is 1200 g/mol. The van der Waals surface area contributed by atoms with Gasteiger partial charge in [0.2, 0.25) is 0 Å². The largest absolute Gasteiger partial charge is 0.516 e. The fraction of sp³-hybridized carbons (Fsp3) is 0.836. The molecule has 1 aromatic rings. The van der Waals surface area contributed by atoms with Gasteiger partial charge in [0.25, 0.3) is 0 Å². The predicted octanol–water partition coefficient (Wildman–Crippen LogP) is 16.5. The average molecular weight is 1200 g/mol. The maximum atomic E-state index is 12.1. The Balaban J connectivity index is -0.000000873. The number of rotatable bonds is 13. The number of aliphatic hydroxyl groups is 1. The summed E-state index contributed by atoms with van der Waals surface area (Å²) in [5.41, 5.74) is 7.18. The lowest BCUT2D eigenvalue weighted by Crippen LogP contribution is -2.43. The highest BCUT2D eigenvalue weighted by Gasteiger charge is 2.28. The second-order valence-electron chi connectivity index (χ2n) is 24.7. The molecule has 10 nitrogen and oxygen atoms in total. The van der Waals surface area contributed by atoms with E-state index in [1.807, 2.05) is 98.9 Å². The van der Waals surface area contributed by atoms with Crippen molar-refractivity contribution in [1.82, 2.24) is 4.72 Å². The maximum absolute atomic E-state index is 12.1. The van der Waals surface area contributed by atoms with E-state index in [2.05, 4.69) is 29.9 Å². The Hall–Kier alpha value is -0.720. The molecule has 1 aromatic carbocycles. The van der Waals surface area contributed by atoms with Crippen molar-refractivity contribution in [3.63, 3.8) is 0 Å². The van der Waals surface area contributed by atoms with Gasteiger partial charge in [-0.25, -0.2) is 17.3 Å². The number of nitrogens with zero attached hydrogens (tertiary/aromatic N) is 1. The number of hydrogen-bond acceptors (Lipinski definition) is 7. The Morgan fingerprint density at radius 3 is 1.44 bits per heavy atom. The molecule has 77 heavy (non-hydrogen) atoms. The fourth-order valence-corrected chi connectivity index (χ4v) is 11.7. The van der Waals surface area contributed by atoms with Crippen molar-refractivity contribution < 1.29 is 27.3 Å². The minimum atomic E-state index is -1.18. The summed E-state index contributed by atoms with van der Waals surface area (Å²) in [4.78, 5) is 12.0. The third-order valence-corrected chi connectivity index (χ3v) is 19.5. The van der Waals surface area contributed by atoms with Gasteiger partial charge in [-0.05, 0) is 187 Å². The van der Waals surface area contributed by atoms with Crippen molar-refractivity contribution in [3.8, 4) is 5.75 Å². The number of aliphatic hydroxyl groups excluding tert-OH is 1. The second kappa shape index (κ2) is 45.8. The van der Waals surface area contributed by atoms with Crippen LogP contribution in [0.4, 0.5) is 0 Å². The van der Waals surface area contributed by atoms with E-state index in [4.69, 9.17) is 20.7 Å². The molecule has 0 radical (unpaired) electrons. The normalized spacial score (nSPS) is 20.2. The van der Waals surface area contributed by atoms with Crippen LogP contribution < -0.4 is 20.3 Å². The maximum Gasteiger partial charge on any atom is 0.311 e. The molecule has 0 aliphatic heterocycles. The van der Waals surface area contributed by atoms with Crippen molar-refractivity contribution in [2.75, 3.05) is 0 Å². The summed E-state index contributed by atoms with van der Waals surface area (Å²) in [6.07, 6.45) is 40.0. The van der Waals surface area contributed by atoms with Crippen LogP contribution in [0.5, 0.6) is 5.75 Å². The first-order valence-corrected chi connectivity index (χ1v) is 33.1. The van der Waals surface area contributed by atoms with Crippen molar-refractivity contribution in [1.29, 1.82) is 0 Å². The number of para-hydroxylation sites is 1. The van der Waals surface area contributed by atoms with E-state index < -0.39 is 33.0 Å². The molecule has 5 aliphatic carbocycles. The molecule has 3 unspecified atom stereocenters. The SMILES string of the molecule is CC(C)(C)S(=O)N=CC1CCCCC1.CC(C)(C)S(N)=O.CC[C@@H](CC(=O)Oc1ccccc1)C1CCCCC1.CC[C@@H](N)C1CCCCC1.CC[C@@H](NS(=O)C(C)(C)C)C1CCCCC1.OC=C1CCCCC1.S.S.S. The highest BCUT2D eigenvalue weighted by Crippen LogP contribution is 2.34. The van der Waals surface area contributed by atoms with E-state index in [1.54, 1.807) is 0 Å². The van der Waals surface area contributed by atoms with E-state index in [0.29, 0.717) is 36.1 Å². The molecule has 0 saturated heterocycles. The van der Waals surface area contributed by atoms with Crippen LogP contribution in [0.15, 0.2) is 46.6 Å². The Kier molecular flexibility index (Phi) is 47.8. The van der Waals surface area contributed by atoms with Crippen LogP contribution in [0.3, 0.4) is 0 Å². The van der Waals surface area contributed by atoms with Crippen molar-refractivity contribution in [2.45, 2.75) is 296 Å². The summed E-state index contributed by atoms with van der Waals surface area (Å²) in [5.74, 6) is 3.96. The fourth-order valence-electron chi connectivity index (χ4n) is 10.1. The van der Waals surface area contributed by atoms with Crippen molar-refractivity contribution in [3.05, 3.63) is 42.2 Å². The topological polar surface area (TPSA) is 174 Å². The van der Waals surface area contributed by atoms with E-state index >= 15 is 0 Å². The lowest BCUT2D eigenvalue weighted by atomic mass is 9.77. The lowest BCUT2D eigenvalue weighted by molar-refractivity contribution is -0.136. The molecule has 16 heteroatoms. The second-order valence-corrected chi connectivity index (χ2v) is 30.5. The zero-order valence-corrected chi connectivity index (χ0v) is 56.4. The van der Waals surface area contributed by atoms with Crippen LogP contribution in [-0.2, 0) is 37.8 Å². The average Bonchev–Trinajstić information content (AvgIpc) is 3.40. The van der Waals surface area contributed by atoms with Gasteiger partial charge >= 0.3 is 5.97 Å². The van der Waals surface area contributed by atoms with Gasteiger partial charge in [-0.1, -0.05) is 142 Å².